The predicted molar refractivity (Wildman–Crippen MR) is 68.2 cm³/mol. The molecule has 0 unspecified atom stereocenters. The first kappa shape index (κ1) is 13.5. The molecule has 0 aromatic heterocycles. The molecule has 4 nitrogen and oxygen atoms in total. The molecule has 17 heavy (non-hydrogen) atoms. The van der Waals surface area contributed by atoms with Crippen LogP contribution in [0.4, 0.5) is 5.69 Å². The average molecular weight is 252 g/mol. The van der Waals surface area contributed by atoms with E-state index < -0.39 is 0 Å². The zero-order valence-electron chi connectivity index (χ0n) is 9.35. The van der Waals surface area contributed by atoms with Gasteiger partial charge in [0.2, 0.25) is 5.91 Å². The van der Waals surface area contributed by atoms with E-state index in [4.69, 9.17) is 5.26 Å². The van der Waals surface area contributed by atoms with Gasteiger partial charge in [-0.25, -0.2) is 0 Å². The van der Waals surface area contributed by atoms with Crippen LogP contribution in [-0.4, -0.2) is 25.5 Å². The highest BCUT2D eigenvalue weighted by Gasteiger charge is 2.17. The van der Waals surface area contributed by atoms with E-state index >= 15 is 0 Å². The van der Waals surface area contributed by atoms with Gasteiger partial charge in [-0.2, -0.15) is 5.26 Å². The zero-order valence-corrected chi connectivity index (χ0v) is 10.2. The van der Waals surface area contributed by atoms with E-state index in [1.807, 2.05) is 12.1 Å². The van der Waals surface area contributed by atoms with Gasteiger partial charge in [-0.05, 0) is 24.3 Å². The monoisotopic (exact) mass is 251 g/mol. The third-order valence-electron chi connectivity index (χ3n) is 2.64. The maximum atomic E-state index is 11.8. The number of rotatable bonds is 1. The van der Waals surface area contributed by atoms with Gasteiger partial charge in [0.15, 0.2) is 0 Å². The molecule has 1 aromatic rings. The lowest BCUT2D eigenvalue weighted by Gasteiger charge is -2.20. The fourth-order valence-electron chi connectivity index (χ4n) is 1.76. The largest absolute Gasteiger partial charge is 0.314 e. The van der Waals surface area contributed by atoms with Crippen LogP contribution in [0.15, 0.2) is 24.3 Å². The molecule has 0 aliphatic carbocycles. The number of anilines is 1. The minimum Gasteiger partial charge on any atom is -0.314 e. The van der Waals surface area contributed by atoms with Gasteiger partial charge in [0.05, 0.1) is 11.6 Å². The van der Waals surface area contributed by atoms with Crippen LogP contribution in [0.25, 0.3) is 0 Å². The number of carbonyl (C=O) groups excluding carboxylic acids is 1. The molecule has 2 rings (SSSR count). The molecule has 90 valence electrons. The van der Waals surface area contributed by atoms with Gasteiger partial charge < -0.3 is 10.2 Å². The summed E-state index contributed by atoms with van der Waals surface area (Å²) in [5.74, 6) is 0.134. The summed E-state index contributed by atoms with van der Waals surface area (Å²) in [5, 5.41) is 11.9. The quantitative estimate of drug-likeness (QED) is 0.819. The van der Waals surface area contributed by atoms with E-state index in [9.17, 15) is 4.79 Å². The van der Waals surface area contributed by atoms with Crippen molar-refractivity contribution in [2.45, 2.75) is 6.42 Å². The lowest BCUT2D eigenvalue weighted by atomic mass is 10.2. The molecule has 1 fully saturated rings. The van der Waals surface area contributed by atoms with Crippen molar-refractivity contribution in [1.82, 2.24) is 5.32 Å². The Morgan fingerprint density at radius 3 is 2.59 bits per heavy atom. The second-order valence-electron chi connectivity index (χ2n) is 3.70. The Hall–Kier alpha value is -1.57. The third kappa shape index (κ3) is 3.19. The summed E-state index contributed by atoms with van der Waals surface area (Å²) in [6.07, 6.45) is 0.528. The Morgan fingerprint density at radius 1 is 1.24 bits per heavy atom. The molecule has 1 amide bonds. The Balaban J connectivity index is 0.00000144. The Morgan fingerprint density at radius 2 is 1.94 bits per heavy atom. The topological polar surface area (TPSA) is 56.1 Å². The fraction of sp³-hybridized carbons (Fsp3) is 0.333. The molecule has 0 saturated carbocycles. The Bertz CT molecular complexity index is 424. The number of nitriles is 1. The summed E-state index contributed by atoms with van der Waals surface area (Å²) in [5.41, 5.74) is 1.48. The molecule has 5 heteroatoms. The highest BCUT2D eigenvalue weighted by Crippen LogP contribution is 2.16. The maximum absolute atomic E-state index is 11.8. The summed E-state index contributed by atoms with van der Waals surface area (Å²) >= 11 is 0. The molecule has 0 atom stereocenters. The van der Waals surface area contributed by atoms with Crippen molar-refractivity contribution in [2.75, 3.05) is 24.5 Å². The number of nitrogens with zero attached hydrogens (tertiary/aromatic N) is 2. The Labute approximate surface area is 107 Å². The SMILES string of the molecule is Cl.N#Cc1ccc(N2CCNCCC2=O)cc1. The number of nitrogens with one attached hydrogen (secondary N) is 1. The minimum atomic E-state index is 0. The van der Waals surface area contributed by atoms with Crippen molar-refractivity contribution < 1.29 is 4.79 Å². The van der Waals surface area contributed by atoms with Crippen LogP contribution in [0.5, 0.6) is 0 Å². The lowest BCUT2D eigenvalue weighted by molar-refractivity contribution is -0.118. The van der Waals surface area contributed by atoms with Crippen LogP contribution < -0.4 is 10.2 Å². The summed E-state index contributed by atoms with van der Waals surface area (Å²) < 4.78 is 0. The van der Waals surface area contributed by atoms with Crippen LogP contribution >= 0.6 is 12.4 Å². The predicted octanol–water partition coefficient (Wildman–Crippen LogP) is 1.31. The number of benzene rings is 1. The highest BCUT2D eigenvalue weighted by molar-refractivity contribution is 5.93. The zero-order chi connectivity index (χ0) is 11.4. The molecular formula is C12H14ClN3O. The molecule has 0 radical (unpaired) electrons. The number of carbonyl (C=O) groups is 1. The van der Waals surface area contributed by atoms with E-state index in [1.54, 1.807) is 17.0 Å². The van der Waals surface area contributed by atoms with Gasteiger partial charge in [-0.1, -0.05) is 0 Å². The molecule has 0 bridgehead atoms. The van der Waals surface area contributed by atoms with E-state index in [1.165, 1.54) is 0 Å². The second kappa shape index (κ2) is 6.24. The number of halogens is 1. The molecule has 1 aliphatic rings. The van der Waals surface area contributed by atoms with Crippen LogP contribution in [0.2, 0.25) is 0 Å². The van der Waals surface area contributed by atoms with E-state index in [0.29, 0.717) is 18.5 Å². The van der Waals surface area contributed by atoms with Gasteiger partial charge in [0, 0.05) is 31.7 Å². The maximum Gasteiger partial charge on any atom is 0.228 e. The first-order valence-corrected chi connectivity index (χ1v) is 5.32. The number of hydrogen-bond acceptors (Lipinski definition) is 3. The molecule has 1 heterocycles. The molecule has 1 aliphatic heterocycles. The van der Waals surface area contributed by atoms with E-state index in [-0.39, 0.29) is 18.3 Å². The minimum absolute atomic E-state index is 0. The van der Waals surface area contributed by atoms with Gasteiger partial charge in [-0.15, -0.1) is 12.4 Å². The first-order chi connectivity index (χ1) is 7.81. The molecule has 0 spiro atoms. The van der Waals surface area contributed by atoms with Gasteiger partial charge >= 0.3 is 0 Å². The van der Waals surface area contributed by atoms with E-state index in [2.05, 4.69) is 11.4 Å². The van der Waals surface area contributed by atoms with Crippen LogP contribution in [0.3, 0.4) is 0 Å². The normalized spacial score (nSPS) is 15.7. The second-order valence-corrected chi connectivity index (χ2v) is 3.70. The average Bonchev–Trinajstić information content (AvgIpc) is 2.54. The molecule has 1 aromatic carbocycles. The standard InChI is InChI=1S/C12H13N3O.ClH/c13-9-10-1-3-11(4-2-10)15-8-7-14-6-5-12(15)16;/h1-4,14H,5-8H2;1H. The summed E-state index contributed by atoms with van der Waals surface area (Å²) in [4.78, 5) is 13.6. The summed E-state index contributed by atoms with van der Waals surface area (Å²) in [6.45, 7) is 2.24. The smallest absolute Gasteiger partial charge is 0.228 e. The van der Waals surface area contributed by atoms with E-state index in [0.717, 1.165) is 18.8 Å². The lowest BCUT2D eigenvalue weighted by Crippen LogP contribution is -2.32. The van der Waals surface area contributed by atoms with Crippen molar-refractivity contribution in [2.24, 2.45) is 0 Å². The van der Waals surface area contributed by atoms with Crippen molar-refractivity contribution in [3.8, 4) is 6.07 Å². The van der Waals surface area contributed by atoms with Crippen molar-refractivity contribution in [3.05, 3.63) is 29.8 Å². The number of hydrogen-bond donors (Lipinski definition) is 1. The third-order valence-corrected chi connectivity index (χ3v) is 2.64. The van der Waals surface area contributed by atoms with Gasteiger partial charge in [0.1, 0.15) is 0 Å². The first-order valence-electron chi connectivity index (χ1n) is 5.32. The van der Waals surface area contributed by atoms with Crippen LogP contribution in [0, 0.1) is 11.3 Å². The summed E-state index contributed by atoms with van der Waals surface area (Å²) in [7, 11) is 0. The molecule has 1 N–H and O–H groups in total. The van der Waals surface area contributed by atoms with Crippen LogP contribution in [0.1, 0.15) is 12.0 Å². The van der Waals surface area contributed by atoms with Crippen molar-refractivity contribution >= 4 is 24.0 Å². The summed E-state index contributed by atoms with van der Waals surface area (Å²) in [6, 6.07) is 9.18. The highest BCUT2D eigenvalue weighted by atomic mass is 35.5. The Kier molecular flexibility index (Phi) is 4.95. The molecule has 1 saturated heterocycles. The fourth-order valence-corrected chi connectivity index (χ4v) is 1.76. The van der Waals surface area contributed by atoms with Gasteiger partial charge in [-0.3, -0.25) is 4.79 Å². The van der Waals surface area contributed by atoms with Crippen molar-refractivity contribution in [1.29, 1.82) is 5.26 Å². The molecular weight excluding hydrogens is 238 g/mol. The van der Waals surface area contributed by atoms with Gasteiger partial charge in [0.25, 0.3) is 0 Å². The van der Waals surface area contributed by atoms with Crippen molar-refractivity contribution in [3.63, 3.8) is 0 Å². The number of amides is 1. The van der Waals surface area contributed by atoms with Crippen LogP contribution in [-0.2, 0) is 4.79 Å².